The van der Waals surface area contributed by atoms with E-state index in [1.807, 2.05) is 30.3 Å². The Labute approximate surface area is 193 Å². The molecule has 166 valence electrons. The highest BCUT2D eigenvalue weighted by Gasteiger charge is 2.29. The van der Waals surface area contributed by atoms with Gasteiger partial charge in [0.1, 0.15) is 0 Å². The predicted octanol–water partition coefficient (Wildman–Crippen LogP) is 4.31. The summed E-state index contributed by atoms with van der Waals surface area (Å²) in [5, 5.41) is 6.36. The van der Waals surface area contributed by atoms with Gasteiger partial charge in [-0.15, -0.1) is 0 Å². The van der Waals surface area contributed by atoms with Crippen molar-refractivity contribution in [1.82, 2.24) is 4.90 Å². The van der Waals surface area contributed by atoms with Crippen molar-refractivity contribution in [2.24, 2.45) is 5.73 Å². The molecule has 2 aliphatic heterocycles. The number of anilines is 2. The van der Waals surface area contributed by atoms with E-state index in [1.165, 1.54) is 18.4 Å². The summed E-state index contributed by atoms with van der Waals surface area (Å²) in [4.78, 5) is 27.1. The number of carbonyl (C=O) groups is 2. The van der Waals surface area contributed by atoms with Crippen LogP contribution < -0.4 is 16.4 Å². The van der Waals surface area contributed by atoms with Crippen LogP contribution in [0.3, 0.4) is 0 Å². The third kappa shape index (κ3) is 4.38. The lowest BCUT2D eigenvalue weighted by Crippen LogP contribution is -2.18. The maximum absolute atomic E-state index is 13.0. The summed E-state index contributed by atoms with van der Waals surface area (Å²) in [6, 6.07) is 23.2. The minimum Gasteiger partial charge on any atom is -0.366 e. The molecule has 0 aromatic heterocycles. The maximum atomic E-state index is 13.0. The molecular formula is C27H26N4O2. The number of hydrogen-bond donors (Lipinski definition) is 3. The Morgan fingerprint density at radius 1 is 0.939 bits per heavy atom. The number of nitrogens with zero attached hydrogens (tertiary/aromatic N) is 1. The summed E-state index contributed by atoms with van der Waals surface area (Å²) in [6.45, 7) is 3.29. The number of benzene rings is 3. The van der Waals surface area contributed by atoms with Crippen molar-refractivity contribution in [3.05, 3.63) is 95.1 Å². The van der Waals surface area contributed by atoms with Crippen LogP contribution in [0.1, 0.15) is 39.9 Å². The molecule has 1 fully saturated rings. The molecule has 0 unspecified atom stereocenters. The number of fused-ring (bicyclic) bond motifs is 1. The number of amides is 2. The molecule has 33 heavy (non-hydrogen) atoms. The lowest BCUT2D eigenvalue weighted by molar-refractivity contribution is -0.110. The second-order valence-corrected chi connectivity index (χ2v) is 8.50. The van der Waals surface area contributed by atoms with E-state index in [1.54, 1.807) is 18.2 Å². The first-order valence-corrected chi connectivity index (χ1v) is 11.2. The van der Waals surface area contributed by atoms with Crippen LogP contribution in [-0.2, 0) is 11.3 Å². The minimum atomic E-state index is -0.528. The number of nitrogens with two attached hydrogens (primary N) is 1. The molecule has 5 rings (SSSR count). The Morgan fingerprint density at radius 3 is 2.36 bits per heavy atom. The van der Waals surface area contributed by atoms with Gasteiger partial charge in [0.2, 0.25) is 5.91 Å². The average Bonchev–Trinajstić information content (AvgIpc) is 3.45. The highest BCUT2D eigenvalue weighted by molar-refractivity contribution is 6.37. The van der Waals surface area contributed by atoms with Gasteiger partial charge in [0.15, 0.2) is 0 Å². The van der Waals surface area contributed by atoms with Crippen molar-refractivity contribution in [3.63, 3.8) is 0 Å². The Bertz CT molecular complexity index is 1230. The van der Waals surface area contributed by atoms with Gasteiger partial charge in [0, 0.05) is 29.0 Å². The molecule has 2 heterocycles. The summed E-state index contributed by atoms with van der Waals surface area (Å²) in [7, 11) is 0. The first-order chi connectivity index (χ1) is 16.1. The maximum Gasteiger partial charge on any atom is 0.258 e. The molecule has 0 bridgehead atoms. The summed E-state index contributed by atoms with van der Waals surface area (Å²) in [6.07, 6.45) is 2.55. The Morgan fingerprint density at radius 2 is 1.67 bits per heavy atom. The molecule has 0 atom stereocenters. The second-order valence-electron chi connectivity index (χ2n) is 8.50. The lowest BCUT2D eigenvalue weighted by atomic mass is 9.99. The third-order valence-electron chi connectivity index (χ3n) is 6.19. The molecule has 0 saturated carbocycles. The lowest BCUT2D eigenvalue weighted by Gasteiger charge is -2.17. The van der Waals surface area contributed by atoms with Crippen LogP contribution in [0, 0.1) is 0 Å². The Kier molecular flexibility index (Phi) is 5.67. The largest absolute Gasteiger partial charge is 0.366 e. The van der Waals surface area contributed by atoms with E-state index in [4.69, 9.17) is 5.73 Å². The van der Waals surface area contributed by atoms with E-state index in [0.717, 1.165) is 36.4 Å². The van der Waals surface area contributed by atoms with Crippen molar-refractivity contribution in [3.8, 4) is 0 Å². The molecule has 1 saturated heterocycles. The number of hydrogen-bond acceptors (Lipinski definition) is 4. The van der Waals surface area contributed by atoms with Crippen molar-refractivity contribution >= 4 is 34.5 Å². The SMILES string of the molecule is NC(=O)c1ccc2c(c1)NC(=O)/C2=C(\Nc1ccc(CN2CCCC2)cc1)c1ccccc1. The standard InChI is InChI=1S/C27H26N4O2/c28-26(32)20-10-13-22-23(16-20)30-27(33)24(22)25(19-6-2-1-3-7-19)29-21-11-8-18(9-12-21)17-31-14-4-5-15-31/h1-3,6-13,16,29H,4-5,14-15,17H2,(H2,28,32)(H,30,33)/b25-24-. The van der Waals surface area contributed by atoms with Gasteiger partial charge in [-0.3, -0.25) is 14.5 Å². The molecule has 0 aliphatic carbocycles. The fourth-order valence-electron chi connectivity index (χ4n) is 4.49. The summed E-state index contributed by atoms with van der Waals surface area (Å²) in [5.41, 5.74) is 11.4. The van der Waals surface area contributed by atoms with Gasteiger partial charge in [-0.25, -0.2) is 0 Å². The fraction of sp³-hybridized carbons (Fsp3) is 0.185. The number of likely N-dealkylation sites (tertiary alicyclic amines) is 1. The van der Waals surface area contributed by atoms with Crippen LogP contribution in [0.5, 0.6) is 0 Å². The molecule has 0 radical (unpaired) electrons. The number of nitrogens with one attached hydrogen (secondary N) is 2. The third-order valence-corrected chi connectivity index (χ3v) is 6.19. The second kappa shape index (κ2) is 8.92. The molecule has 0 spiro atoms. The zero-order chi connectivity index (χ0) is 22.8. The van der Waals surface area contributed by atoms with Crippen molar-refractivity contribution < 1.29 is 9.59 Å². The monoisotopic (exact) mass is 438 g/mol. The Balaban J connectivity index is 1.51. The molecule has 3 aromatic carbocycles. The molecular weight excluding hydrogens is 412 g/mol. The summed E-state index contributed by atoms with van der Waals surface area (Å²) < 4.78 is 0. The van der Waals surface area contributed by atoms with Crippen LogP contribution in [-0.4, -0.2) is 29.8 Å². The molecule has 6 heteroatoms. The first-order valence-electron chi connectivity index (χ1n) is 11.2. The first kappa shape index (κ1) is 21.0. The van der Waals surface area contributed by atoms with Gasteiger partial charge in [-0.05, 0) is 61.3 Å². The number of primary amides is 1. The fourth-order valence-corrected chi connectivity index (χ4v) is 4.49. The normalized spacial score (nSPS) is 16.9. The van der Waals surface area contributed by atoms with E-state index in [9.17, 15) is 9.59 Å². The zero-order valence-electron chi connectivity index (χ0n) is 18.3. The molecule has 2 amide bonds. The van der Waals surface area contributed by atoms with E-state index < -0.39 is 5.91 Å². The van der Waals surface area contributed by atoms with Gasteiger partial charge in [-0.1, -0.05) is 48.5 Å². The zero-order valence-corrected chi connectivity index (χ0v) is 18.3. The number of carbonyl (C=O) groups excluding carboxylic acids is 2. The van der Waals surface area contributed by atoms with Crippen LogP contribution in [0.2, 0.25) is 0 Å². The van der Waals surface area contributed by atoms with Gasteiger partial charge in [0.25, 0.3) is 5.91 Å². The van der Waals surface area contributed by atoms with Gasteiger partial charge >= 0.3 is 0 Å². The molecule has 4 N–H and O–H groups in total. The highest BCUT2D eigenvalue weighted by atomic mass is 16.2. The predicted molar refractivity (Wildman–Crippen MR) is 131 cm³/mol. The van der Waals surface area contributed by atoms with Gasteiger partial charge < -0.3 is 16.4 Å². The van der Waals surface area contributed by atoms with Crippen LogP contribution in [0.25, 0.3) is 11.3 Å². The molecule has 6 nitrogen and oxygen atoms in total. The van der Waals surface area contributed by atoms with E-state index in [2.05, 4.69) is 39.8 Å². The average molecular weight is 439 g/mol. The summed E-state index contributed by atoms with van der Waals surface area (Å²) >= 11 is 0. The van der Waals surface area contributed by atoms with Gasteiger partial charge in [0.05, 0.1) is 11.3 Å². The van der Waals surface area contributed by atoms with E-state index in [0.29, 0.717) is 22.5 Å². The highest BCUT2D eigenvalue weighted by Crippen LogP contribution is 2.38. The molecule has 2 aliphatic rings. The summed E-state index contributed by atoms with van der Waals surface area (Å²) in [5.74, 6) is -0.747. The molecule has 3 aromatic rings. The topological polar surface area (TPSA) is 87.5 Å². The van der Waals surface area contributed by atoms with Crippen LogP contribution >= 0.6 is 0 Å². The van der Waals surface area contributed by atoms with Crippen LogP contribution in [0.15, 0.2) is 72.8 Å². The Hall–Kier alpha value is -3.90. The quantitative estimate of drug-likeness (QED) is 0.501. The van der Waals surface area contributed by atoms with Crippen molar-refractivity contribution in [1.29, 1.82) is 0 Å². The van der Waals surface area contributed by atoms with E-state index in [-0.39, 0.29) is 5.91 Å². The van der Waals surface area contributed by atoms with Gasteiger partial charge in [-0.2, -0.15) is 0 Å². The van der Waals surface area contributed by atoms with Crippen molar-refractivity contribution in [2.45, 2.75) is 19.4 Å². The smallest absolute Gasteiger partial charge is 0.258 e. The van der Waals surface area contributed by atoms with E-state index >= 15 is 0 Å². The van der Waals surface area contributed by atoms with Crippen LogP contribution in [0.4, 0.5) is 11.4 Å². The van der Waals surface area contributed by atoms with Crippen molar-refractivity contribution in [2.75, 3.05) is 23.7 Å². The minimum absolute atomic E-state index is 0.219. The number of rotatable bonds is 6.